The molecule has 0 atom stereocenters. The van der Waals surface area contributed by atoms with Crippen LogP contribution >= 0.6 is 0 Å². The minimum absolute atomic E-state index is 0.185. The number of benzene rings is 1. The number of unbranched alkanes of at least 4 members (excludes halogenated alkanes) is 6. The van der Waals surface area contributed by atoms with Gasteiger partial charge >= 0.3 is 0 Å². The Morgan fingerprint density at radius 2 is 1.32 bits per heavy atom. The Morgan fingerprint density at radius 1 is 0.773 bits per heavy atom. The summed E-state index contributed by atoms with van der Waals surface area (Å²) >= 11 is 0. The van der Waals surface area contributed by atoms with Crippen molar-refractivity contribution < 1.29 is 10.2 Å². The van der Waals surface area contributed by atoms with Crippen molar-refractivity contribution in [2.24, 2.45) is 0 Å². The average molecular weight is 306 g/mol. The van der Waals surface area contributed by atoms with Gasteiger partial charge in [0.15, 0.2) is 0 Å². The highest BCUT2D eigenvalue weighted by atomic mass is 16.3. The Hall–Kier alpha value is -0.860. The average Bonchev–Trinajstić information content (AvgIpc) is 2.54. The molecule has 2 heteroatoms. The van der Waals surface area contributed by atoms with Crippen LogP contribution in [0.25, 0.3) is 0 Å². The summed E-state index contributed by atoms with van der Waals surface area (Å²) in [5.41, 5.74) is 2.65. The van der Waals surface area contributed by atoms with E-state index < -0.39 is 0 Å². The summed E-state index contributed by atoms with van der Waals surface area (Å²) < 4.78 is 0. The summed E-state index contributed by atoms with van der Waals surface area (Å²) in [6.45, 7) is 2.63. The third-order valence-electron chi connectivity index (χ3n) is 4.48. The molecule has 1 aromatic carbocycles. The van der Waals surface area contributed by atoms with Crippen LogP contribution in [-0.4, -0.2) is 23.4 Å². The lowest BCUT2D eigenvalue weighted by atomic mass is 9.92. The van der Waals surface area contributed by atoms with Gasteiger partial charge in [-0.3, -0.25) is 0 Å². The maximum Gasteiger partial charge on any atom is 0.0436 e. The first kappa shape index (κ1) is 19.2. The van der Waals surface area contributed by atoms with E-state index in [1.807, 2.05) is 0 Å². The van der Waals surface area contributed by atoms with E-state index in [9.17, 15) is 0 Å². The van der Waals surface area contributed by atoms with Crippen LogP contribution in [0.15, 0.2) is 24.3 Å². The van der Waals surface area contributed by atoms with Crippen molar-refractivity contribution in [2.75, 3.05) is 13.2 Å². The third-order valence-corrected chi connectivity index (χ3v) is 4.48. The van der Waals surface area contributed by atoms with Gasteiger partial charge in [-0.2, -0.15) is 0 Å². The van der Waals surface area contributed by atoms with E-state index in [1.165, 1.54) is 62.5 Å². The Labute approximate surface area is 136 Å². The molecule has 0 unspecified atom stereocenters. The van der Waals surface area contributed by atoms with Crippen molar-refractivity contribution in [1.82, 2.24) is 0 Å². The van der Waals surface area contributed by atoms with E-state index in [4.69, 9.17) is 10.2 Å². The van der Waals surface area contributed by atoms with Crippen LogP contribution in [0.3, 0.4) is 0 Å². The van der Waals surface area contributed by atoms with Gasteiger partial charge in [0.1, 0.15) is 0 Å². The van der Waals surface area contributed by atoms with E-state index in [-0.39, 0.29) is 19.1 Å². The summed E-state index contributed by atoms with van der Waals surface area (Å²) in [5, 5.41) is 18.2. The number of aliphatic hydroxyl groups excluding tert-OH is 2. The molecular weight excluding hydrogens is 272 g/mol. The summed E-state index contributed by atoms with van der Waals surface area (Å²) in [4.78, 5) is 0. The highest BCUT2D eigenvalue weighted by molar-refractivity contribution is 5.25. The lowest BCUT2D eigenvalue weighted by Crippen LogP contribution is -2.04. The summed E-state index contributed by atoms with van der Waals surface area (Å²) in [6, 6.07) is 8.78. The molecule has 0 aliphatic heterocycles. The Balaban J connectivity index is 2.28. The second-order valence-corrected chi connectivity index (χ2v) is 6.33. The molecule has 2 nitrogen and oxygen atoms in total. The van der Waals surface area contributed by atoms with Crippen molar-refractivity contribution in [3.05, 3.63) is 35.4 Å². The van der Waals surface area contributed by atoms with Gasteiger partial charge in [-0.15, -0.1) is 0 Å². The number of hydrogen-bond donors (Lipinski definition) is 2. The summed E-state index contributed by atoms with van der Waals surface area (Å²) in [7, 11) is 0. The topological polar surface area (TPSA) is 40.5 Å². The zero-order chi connectivity index (χ0) is 16.0. The molecule has 0 radical (unpaired) electrons. The molecule has 0 heterocycles. The molecule has 0 aliphatic carbocycles. The molecule has 0 aliphatic rings. The number of aliphatic hydroxyl groups is 2. The van der Waals surface area contributed by atoms with Gasteiger partial charge in [-0.05, 0) is 42.7 Å². The van der Waals surface area contributed by atoms with Crippen LogP contribution in [0.1, 0.15) is 81.8 Å². The lowest BCUT2D eigenvalue weighted by molar-refractivity contribution is 0.242. The highest BCUT2D eigenvalue weighted by Gasteiger charge is 2.10. The zero-order valence-corrected chi connectivity index (χ0v) is 14.3. The van der Waals surface area contributed by atoms with Crippen molar-refractivity contribution in [3.63, 3.8) is 0 Å². The SMILES string of the molecule is CCCCCCCCCc1ccc(C(CCO)CCO)cc1. The smallest absolute Gasteiger partial charge is 0.0436 e. The second kappa shape index (κ2) is 12.7. The fourth-order valence-electron chi connectivity index (χ4n) is 3.03. The number of hydrogen-bond acceptors (Lipinski definition) is 2. The van der Waals surface area contributed by atoms with Crippen molar-refractivity contribution in [3.8, 4) is 0 Å². The van der Waals surface area contributed by atoms with Gasteiger partial charge in [0, 0.05) is 13.2 Å². The van der Waals surface area contributed by atoms with E-state index in [1.54, 1.807) is 0 Å². The van der Waals surface area contributed by atoms with E-state index >= 15 is 0 Å². The molecule has 22 heavy (non-hydrogen) atoms. The fraction of sp³-hybridized carbons (Fsp3) is 0.700. The molecule has 0 saturated heterocycles. The van der Waals surface area contributed by atoms with Crippen molar-refractivity contribution >= 4 is 0 Å². The highest BCUT2D eigenvalue weighted by Crippen LogP contribution is 2.23. The molecule has 1 aromatic rings. The van der Waals surface area contributed by atoms with E-state index in [2.05, 4.69) is 31.2 Å². The van der Waals surface area contributed by atoms with Gasteiger partial charge < -0.3 is 10.2 Å². The lowest BCUT2D eigenvalue weighted by Gasteiger charge is -2.15. The molecule has 0 spiro atoms. The molecule has 0 amide bonds. The maximum absolute atomic E-state index is 9.12. The maximum atomic E-state index is 9.12. The predicted molar refractivity (Wildman–Crippen MR) is 94.3 cm³/mol. The standard InChI is InChI=1S/C20H34O2/c1-2-3-4-5-6-7-8-9-18-10-12-19(13-11-18)20(14-16-21)15-17-22/h10-13,20-22H,2-9,14-17H2,1H3. The van der Waals surface area contributed by atoms with Gasteiger partial charge in [0.05, 0.1) is 0 Å². The second-order valence-electron chi connectivity index (χ2n) is 6.33. The predicted octanol–water partition coefficient (Wildman–Crippen LogP) is 4.83. The first-order valence-electron chi connectivity index (χ1n) is 9.12. The molecule has 2 N–H and O–H groups in total. The normalized spacial score (nSPS) is 11.3. The largest absolute Gasteiger partial charge is 0.396 e. The van der Waals surface area contributed by atoms with Crippen LogP contribution in [-0.2, 0) is 6.42 Å². The molecule has 1 rings (SSSR count). The fourth-order valence-corrected chi connectivity index (χ4v) is 3.03. The van der Waals surface area contributed by atoms with Crippen LogP contribution in [0, 0.1) is 0 Å². The molecule has 0 saturated carbocycles. The van der Waals surface area contributed by atoms with E-state index in [0.717, 1.165) is 12.8 Å². The van der Waals surface area contributed by atoms with Crippen LogP contribution < -0.4 is 0 Å². The van der Waals surface area contributed by atoms with Crippen molar-refractivity contribution in [2.45, 2.75) is 77.0 Å². The van der Waals surface area contributed by atoms with Gasteiger partial charge in [-0.1, -0.05) is 69.7 Å². The monoisotopic (exact) mass is 306 g/mol. The molecule has 0 fully saturated rings. The Kier molecular flexibility index (Phi) is 11.0. The zero-order valence-electron chi connectivity index (χ0n) is 14.3. The van der Waals surface area contributed by atoms with E-state index in [0.29, 0.717) is 0 Å². The minimum Gasteiger partial charge on any atom is -0.396 e. The molecule has 126 valence electrons. The minimum atomic E-state index is 0.185. The molecule has 0 bridgehead atoms. The van der Waals surface area contributed by atoms with Gasteiger partial charge in [0.25, 0.3) is 0 Å². The third kappa shape index (κ3) is 7.95. The molecular formula is C20H34O2. The number of rotatable bonds is 13. The quantitative estimate of drug-likeness (QED) is 0.513. The first-order chi connectivity index (χ1) is 10.8. The van der Waals surface area contributed by atoms with Crippen LogP contribution in [0.5, 0.6) is 0 Å². The Bertz CT molecular complexity index is 352. The van der Waals surface area contributed by atoms with Crippen molar-refractivity contribution in [1.29, 1.82) is 0 Å². The molecule has 0 aromatic heterocycles. The van der Waals surface area contributed by atoms with Gasteiger partial charge in [-0.25, -0.2) is 0 Å². The Morgan fingerprint density at radius 3 is 1.86 bits per heavy atom. The number of aryl methyl sites for hydroxylation is 1. The van der Waals surface area contributed by atoms with Crippen LogP contribution in [0.2, 0.25) is 0 Å². The summed E-state index contributed by atoms with van der Waals surface area (Å²) in [6.07, 6.45) is 12.1. The summed E-state index contributed by atoms with van der Waals surface area (Å²) in [5.74, 6) is 0.280. The van der Waals surface area contributed by atoms with Crippen LogP contribution in [0.4, 0.5) is 0 Å². The first-order valence-corrected chi connectivity index (χ1v) is 9.12. The van der Waals surface area contributed by atoms with Gasteiger partial charge in [0.2, 0.25) is 0 Å².